The Kier molecular flexibility index (Phi) is 4.56. The normalized spacial score (nSPS) is 12.4. The van der Waals surface area contributed by atoms with Gasteiger partial charge in [0.15, 0.2) is 0 Å². The van der Waals surface area contributed by atoms with Crippen molar-refractivity contribution in [3.8, 4) is 0 Å². The average molecular weight is 276 g/mol. The highest BCUT2D eigenvalue weighted by Crippen LogP contribution is 2.18. The molecule has 0 fully saturated rings. The van der Waals surface area contributed by atoms with Gasteiger partial charge in [-0.1, -0.05) is 40.9 Å². The van der Waals surface area contributed by atoms with Crippen molar-refractivity contribution in [3.63, 3.8) is 0 Å². The highest BCUT2D eigenvalue weighted by molar-refractivity contribution is 6.31. The van der Waals surface area contributed by atoms with Crippen molar-refractivity contribution in [2.45, 2.75) is 32.8 Å². The quantitative estimate of drug-likeness (QED) is 0.926. The van der Waals surface area contributed by atoms with E-state index in [9.17, 15) is 5.11 Å². The number of rotatable bonds is 4. The summed E-state index contributed by atoms with van der Waals surface area (Å²) in [6.07, 6.45) is 4.07. The van der Waals surface area contributed by atoms with Gasteiger partial charge in [0.05, 0.1) is 11.1 Å². The van der Waals surface area contributed by atoms with Crippen LogP contribution in [0.15, 0.2) is 36.7 Å². The average Bonchev–Trinajstić information content (AvgIpc) is 2.30. The van der Waals surface area contributed by atoms with Gasteiger partial charge >= 0.3 is 0 Å². The van der Waals surface area contributed by atoms with E-state index in [2.05, 4.69) is 37.0 Å². The maximum atomic E-state index is 10.2. The molecule has 2 aromatic rings. The minimum absolute atomic E-state index is 0.430. The second kappa shape index (κ2) is 6.18. The predicted molar refractivity (Wildman–Crippen MR) is 78.6 cm³/mol. The van der Waals surface area contributed by atoms with E-state index < -0.39 is 6.10 Å². The lowest BCUT2D eigenvalue weighted by atomic mass is 9.99. The van der Waals surface area contributed by atoms with Crippen LogP contribution in [0.25, 0.3) is 0 Å². The molecule has 2 rings (SSSR count). The van der Waals surface area contributed by atoms with Gasteiger partial charge in [-0.2, -0.15) is 0 Å². The molecule has 3 heteroatoms. The molecule has 0 aliphatic carbocycles. The van der Waals surface area contributed by atoms with E-state index in [-0.39, 0.29) is 0 Å². The lowest BCUT2D eigenvalue weighted by Gasteiger charge is -2.12. The van der Waals surface area contributed by atoms with E-state index in [1.54, 1.807) is 12.4 Å². The highest BCUT2D eigenvalue weighted by Gasteiger charge is 2.10. The van der Waals surface area contributed by atoms with Gasteiger partial charge < -0.3 is 5.11 Å². The summed E-state index contributed by atoms with van der Waals surface area (Å²) in [5.74, 6) is 0. The summed E-state index contributed by atoms with van der Waals surface area (Å²) >= 11 is 6.05. The first-order valence-corrected chi connectivity index (χ1v) is 6.76. The number of aryl methyl sites for hydroxylation is 2. The molecule has 0 amide bonds. The molecule has 100 valence electrons. The predicted octanol–water partition coefficient (Wildman–Crippen LogP) is 3.50. The molecule has 1 aromatic carbocycles. The fourth-order valence-electron chi connectivity index (χ4n) is 2.35. The SMILES string of the molecule is Cc1cc(C)cc(CC(O)Cc2ccncc2Cl)c1. The smallest absolute Gasteiger partial charge is 0.0622 e. The molecule has 0 spiro atoms. The molecule has 1 atom stereocenters. The van der Waals surface area contributed by atoms with Crippen molar-refractivity contribution >= 4 is 11.6 Å². The molecule has 0 radical (unpaired) electrons. The van der Waals surface area contributed by atoms with Gasteiger partial charge in [0.2, 0.25) is 0 Å². The summed E-state index contributed by atoms with van der Waals surface area (Å²) in [7, 11) is 0. The Morgan fingerprint density at radius 2 is 1.84 bits per heavy atom. The lowest BCUT2D eigenvalue weighted by Crippen LogP contribution is -2.14. The summed E-state index contributed by atoms with van der Waals surface area (Å²) in [4.78, 5) is 3.95. The summed E-state index contributed by atoms with van der Waals surface area (Å²) < 4.78 is 0. The molecule has 2 nitrogen and oxygen atoms in total. The van der Waals surface area contributed by atoms with E-state index in [1.807, 2.05) is 6.07 Å². The van der Waals surface area contributed by atoms with E-state index in [4.69, 9.17) is 11.6 Å². The van der Waals surface area contributed by atoms with Gasteiger partial charge in [-0.05, 0) is 37.5 Å². The van der Waals surface area contributed by atoms with E-state index in [0.717, 1.165) is 11.1 Å². The second-order valence-corrected chi connectivity index (χ2v) is 5.43. The summed E-state index contributed by atoms with van der Waals surface area (Å²) in [5.41, 5.74) is 4.55. The summed E-state index contributed by atoms with van der Waals surface area (Å²) in [5, 5.41) is 10.8. The highest BCUT2D eigenvalue weighted by atomic mass is 35.5. The van der Waals surface area contributed by atoms with Crippen LogP contribution in [-0.2, 0) is 12.8 Å². The zero-order valence-corrected chi connectivity index (χ0v) is 12.0. The third-order valence-electron chi connectivity index (χ3n) is 3.06. The number of hydrogen-bond acceptors (Lipinski definition) is 2. The first-order chi connectivity index (χ1) is 9.04. The minimum Gasteiger partial charge on any atom is -0.392 e. The monoisotopic (exact) mass is 275 g/mol. The molecule has 1 N–H and O–H groups in total. The zero-order valence-electron chi connectivity index (χ0n) is 11.2. The molecule has 0 saturated heterocycles. The standard InChI is InChI=1S/C16H18ClNO/c1-11-5-12(2)7-13(6-11)8-15(19)9-14-3-4-18-10-16(14)17/h3-7,10,15,19H,8-9H2,1-2H3. The molecule has 0 aliphatic heterocycles. The Bertz CT molecular complexity index is 548. The van der Waals surface area contributed by atoms with Crippen LogP contribution in [0.5, 0.6) is 0 Å². The van der Waals surface area contributed by atoms with E-state index >= 15 is 0 Å². The molecule has 0 bridgehead atoms. The first kappa shape index (κ1) is 14.0. The molecule has 1 heterocycles. The number of nitrogens with zero attached hydrogens (tertiary/aromatic N) is 1. The Balaban J connectivity index is 2.05. The van der Waals surface area contributed by atoms with Crippen molar-refractivity contribution < 1.29 is 5.11 Å². The van der Waals surface area contributed by atoms with Gasteiger partial charge in [0.1, 0.15) is 0 Å². The Labute approximate surface area is 119 Å². The number of benzene rings is 1. The molecule has 0 saturated carbocycles. The number of aromatic nitrogens is 1. The number of aliphatic hydroxyl groups excluding tert-OH is 1. The van der Waals surface area contributed by atoms with Crippen LogP contribution in [0.3, 0.4) is 0 Å². The van der Waals surface area contributed by atoms with Crippen LogP contribution in [0.2, 0.25) is 5.02 Å². The fourth-order valence-corrected chi connectivity index (χ4v) is 2.55. The second-order valence-electron chi connectivity index (χ2n) is 5.03. The largest absolute Gasteiger partial charge is 0.392 e. The third-order valence-corrected chi connectivity index (χ3v) is 3.41. The van der Waals surface area contributed by atoms with Gasteiger partial charge in [-0.25, -0.2) is 0 Å². The number of hydrogen-bond donors (Lipinski definition) is 1. The van der Waals surface area contributed by atoms with Crippen molar-refractivity contribution in [1.29, 1.82) is 0 Å². The third kappa shape index (κ3) is 4.05. The molecular formula is C16H18ClNO. The van der Waals surface area contributed by atoms with Gasteiger partial charge in [0.25, 0.3) is 0 Å². The van der Waals surface area contributed by atoms with Crippen molar-refractivity contribution in [1.82, 2.24) is 4.98 Å². The summed E-state index contributed by atoms with van der Waals surface area (Å²) in [6.45, 7) is 4.14. The molecule has 19 heavy (non-hydrogen) atoms. The van der Waals surface area contributed by atoms with E-state index in [1.165, 1.54) is 11.1 Å². The fraction of sp³-hybridized carbons (Fsp3) is 0.312. The van der Waals surface area contributed by atoms with Crippen LogP contribution in [-0.4, -0.2) is 16.2 Å². The zero-order chi connectivity index (χ0) is 13.8. The minimum atomic E-state index is -0.430. The molecular weight excluding hydrogens is 258 g/mol. The van der Waals surface area contributed by atoms with Gasteiger partial charge in [0, 0.05) is 18.8 Å². The van der Waals surface area contributed by atoms with Gasteiger partial charge in [-0.3, -0.25) is 4.98 Å². The van der Waals surface area contributed by atoms with Crippen LogP contribution >= 0.6 is 11.6 Å². The van der Waals surface area contributed by atoms with Crippen molar-refractivity contribution in [2.75, 3.05) is 0 Å². The van der Waals surface area contributed by atoms with Crippen molar-refractivity contribution in [2.24, 2.45) is 0 Å². The van der Waals surface area contributed by atoms with Crippen LogP contribution in [0.4, 0.5) is 0 Å². The Hall–Kier alpha value is -1.38. The maximum absolute atomic E-state index is 10.2. The van der Waals surface area contributed by atoms with Crippen LogP contribution in [0, 0.1) is 13.8 Å². The van der Waals surface area contributed by atoms with Gasteiger partial charge in [-0.15, -0.1) is 0 Å². The molecule has 0 aliphatic rings. The Morgan fingerprint density at radius 1 is 1.16 bits per heavy atom. The van der Waals surface area contributed by atoms with Crippen LogP contribution in [0.1, 0.15) is 22.3 Å². The maximum Gasteiger partial charge on any atom is 0.0622 e. The first-order valence-electron chi connectivity index (χ1n) is 6.38. The number of pyridine rings is 1. The van der Waals surface area contributed by atoms with Crippen LogP contribution < -0.4 is 0 Å². The lowest BCUT2D eigenvalue weighted by molar-refractivity contribution is 0.175. The van der Waals surface area contributed by atoms with Crippen molar-refractivity contribution in [3.05, 3.63) is 63.9 Å². The number of halogens is 1. The topological polar surface area (TPSA) is 33.1 Å². The number of aliphatic hydroxyl groups is 1. The Morgan fingerprint density at radius 3 is 2.47 bits per heavy atom. The van der Waals surface area contributed by atoms with E-state index in [0.29, 0.717) is 17.9 Å². The molecule has 1 aromatic heterocycles. The summed E-state index contributed by atoms with van der Waals surface area (Å²) in [6, 6.07) is 8.22. The molecule has 1 unspecified atom stereocenters.